The topological polar surface area (TPSA) is 79.1 Å². The number of carbonyl (C=O) groups excluding carboxylic acids is 1. The van der Waals surface area contributed by atoms with E-state index in [2.05, 4.69) is 15.1 Å². The summed E-state index contributed by atoms with van der Waals surface area (Å²) in [6, 6.07) is 8.57. The molecule has 3 aromatic rings. The summed E-state index contributed by atoms with van der Waals surface area (Å²) in [6.45, 7) is 5.11. The molecule has 168 valence electrons. The minimum atomic E-state index is -4.55. The van der Waals surface area contributed by atoms with Crippen molar-refractivity contribution >= 4 is 12.2 Å². The fourth-order valence-corrected chi connectivity index (χ4v) is 2.74. The lowest BCUT2D eigenvalue weighted by molar-refractivity contribution is -0.142. The number of rotatable bonds is 7. The fraction of sp³-hybridized carbons (Fsp3) is 0.273. The van der Waals surface area contributed by atoms with Crippen molar-refractivity contribution in [3.05, 3.63) is 66.3 Å². The molecule has 2 aromatic heterocycles. The largest absolute Gasteiger partial charge is 0.491 e. The summed E-state index contributed by atoms with van der Waals surface area (Å²) < 4.78 is 51.7. The van der Waals surface area contributed by atoms with Crippen LogP contribution in [0.5, 0.6) is 5.75 Å². The van der Waals surface area contributed by atoms with Gasteiger partial charge in [0.25, 0.3) is 0 Å². The summed E-state index contributed by atoms with van der Waals surface area (Å²) in [4.78, 5) is 20.2. The second-order valence-electron chi connectivity index (χ2n) is 7.11. The Labute approximate surface area is 182 Å². The van der Waals surface area contributed by atoms with Gasteiger partial charge in [0.05, 0.1) is 17.4 Å². The summed E-state index contributed by atoms with van der Waals surface area (Å²) in [6.07, 6.45) is -0.117. The van der Waals surface area contributed by atoms with E-state index in [1.165, 1.54) is 23.3 Å². The molecule has 1 aromatic carbocycles. The third-order valence-electron chi connectivity index (χ3n) is 4.13. The number of ether oxygens (including phenoxy) is 2. The van der Waals surface area contributed by atoms with Gasteiger partial charge in [0, 0.05) is 24.0 Å². The van der Waals surface area contributed by atoms with E-state index in [0.717, 1.165) is 18.2 Å². The molecule has 1 atom stereocenters. The highest BCUT2D eigenvalue weighted by Gasteiger charge is 2.32. The Balaban J connectivity index is 1.75. The van der Waals surface area contributed by atoms with Gasteiger partial charge in [0.2, 0.25) is 0 Å². The van der Waals surface area contributed by atoms with Crippen molar-refractivity contribution in [1.82, 2.24) is 19.7 Å². The van der Waals surface area contributed by atoms with E-state index in [4.69, 9.17) is 9.47 Å². The lowest BCUT2D eigenvalue weighted by atomic mass is 10.1. The Bertz CT molecular complexity index is 1100. The predicted octanol–water partition coefficient (Wildman–Crippen LogP) is 4.92. The third-order valence-corrected chi connectivity index (χ3v) is 4.13. The van der Waals surface area contributed by atoms with Crippen LogP contribution in [-0.4, -0.2) is 31.8 Å². The van der Waals surface area contributed by atoms with Crippen LogP contribution in [0.3, 0.4) is 0 Å². The molecule has 0 aliphatic heterocycles. The summed E-state index contributed by atoms with van der Waals surface area (Å²) >= 11 is 0. The van der Waals surface area contributed by atoms with Crippen LogP contribution in [0, 0.1) is 0 Å². The first-order chi connectivity index (χ1) is 15.1. The van der Waals surface area contributed by atoms with Gasteiger partial charge in [-0.15, -0.1) is 5.10 Å². The molecular formula is C22H21F3N4O3. The van der Waals surface area contributed by atoms with E-state index in [1.54, 1.807) is 45.2 Å². The van der Waals surface area contributed by atoms with E-state index in [9.17, 15) is 18.0 Å². The van der Waals surface area contributed by atoms with Crippen molar-refractivity contribution in [3.8, 4) is 17.1 Å². The fourth-order valence-electron chi connectivity index (χ4n) is 2.74. The quantitative estimate of drug-likeness (QED) is 0.379. The summed E-state index contributed by atoms with van der Waals surface area (Å²) in [5.74, 6) is -0.528. The molecule has 10 heteroatoms. The minimum absolute atomic E-state index is 0.0459. The van der Waals surface area contributed by atoms with Crippen LogP contribution < -0.4 is 4.74 Å². The average molecular weight is 446 g/mol. The molecule has 0 amide bonds. The van der Waals surface area contributed by atoms with Crippen LogP contribution >= 0.6 is 0 Å². The summed E-state index contributed by atoms with van der Waals surface area (Å²) in [7, 11) is 0. The molecule has 7 nitrogen and oxygen atoms in total. The lowest BCUT2D eigenvalue weighted by Gasteiger charge is -2.14. The first-order valence-electron chi connectivity index (χ1n) is 9.72. The van der Waals surface area contributed by atoms with Crippen LogP contribution in [0.1, 0.15) is 38.1 Å². The predicted molar refractivity (Wildman–Crippen MR) is 110 cm³/mol. The number of benzene rings is 1. The van der Waals surface area contributed by atoms with E-state index in [-0.39, 0.29) is 23.2 Å². The van der Waals surface area contributed by atoms with Crippen LogP contribution in [0.15, 0.2) is 55.0 Å². The van der Waals surface area contributed by atoms with Gasteiger partial charge in [-0.2, -0.15) is 13.2 Å². The number of pyridine rings is 1. The number of aromatic nitrogens is 4. The second kappa shape index (κ2) is 9.63. The van der Waals surface area contributed by atoms with Crippen molar-refractivity contribution < 1.29 is 27.4 Å². The minimum Gasteiger partial charge on any atom is -0.491 e. The zero-order chi connectivity index (χ0) is 23.3. The first kappa shape index (κ1) is 23.0. The molecule has 0 saturated heterocycles. The van der Waals surface area contributed by atoms with Crippen LogP contribution in [-0.2, 0) is 15.7 Å². The number of hydrogen-bond acceptors (Lipinski definition) is 6. The van der Waals surface area contributed by atoms with Crippen molar-refractivity contribution in [2.24, 2.45) is 0 Å². The van der Waals surface area contributed by atoms with Crippen molar-refractivity contribution in [2.75, 3.05) is 0 Å². The van der Waals surface area contributed by atoms with E-state index >= 15 is 0 Å². The standard InChI is InChI=1S/C22H21F3N4O3/c1-14(2)31-18-11-16(10-17(12-18)22(23,24)25)21-27-13-29(28-21)9-7-20(30)32-15(3)19-6-4-5-8-26-19/h4-15H,1-3H3. The zero-order valence-corrected chi connectivity index (χ0v) is 17.6. The van der Waals surface area contributed by atoms with Gasteiger partial charge in [0.15, 0.2) is 5.82 Å². The van der Waals surface area contributed by atoms with Gasteiger partial charge < -0.3 is 9.47 Å². The number of nitrogens with zero attached hydrogens (tertiary/aromatic N) is 4. The Hall–Kier alpha value is -3.69. The van der Waals surface area contributed by atoms with E-state index in [0.29, 0.717) is 5.69 Å². The van der Waals surface area contributed by atoms with Crippen molar-refractivity contribution in [1.29, 1.82) is 0 Å². The van der Waals surface area contributed by atoms with Gasteiger partial charge in [-0.3, -0.25) is 4.98 Å². The molecule has 0 saturated carbocycles. The van der Waals surface area contributed by atoms with E-state index in [1.807, 2.05) is 0 Å². The maximum atomic E-state index is 13.3. The molecule has 0 spiro atoms. The van der Waals surface area contributed by atoms with E-state index < -0.39 is 23.8 Å². The average Bonchev–Trinajstić information content (AvgIpc) is 3.21. The molecule has 2 heterocycles. The normalized spacial score (nSPS) is 12.8. The van der Waals surface area contributed by atoms with Crippen LogP contribution in [0.25, 0.3) is 17.6 Å². The highest BCUT2D eigenvalue weighted by Crippen LogP contribution is 2.35. The number of hydrogen-bond donors (Lipinski definition) is 0. The van der Waals surface area contributed by atoms with Gasteiger partial charge in [-0.25, -0.2) is 14.5 Å². The number of esters is 1. The molecule has 32 heavy (non-hydrogen) atoms. The Kier molecular flexibility index (Phi) is 6.92. The molecule has 0 N–H and O–H groups in total. The number of alkyl halides is 3. The number of carbonyl (C=O) groups is 1. The molecule has 0 bridgehead atoms. The van der Waals surface area contributed by atoms with Crippen molar-refractivity contribution in [3.63, 3.8) is 0 Å². The molecule has 3 rings (SSSR count). The van der Waals surface area contributed by atoms with Crippen LogP contribution in [0.4, 0.5) is 13.2 Å². The van der Waals surface area contributed by atoms with Gasteiger partial charge in [0.1, 0.15) is 18.2 Å². The first-order valence-corrected chi connectivity index (χ1v) is 9.72. The molecule has 1 unspecified atom stereocenters. The Morgan fingerprint density at radius 2 is 1.91 bits per heavy atom. The summed E-state index contributed by atoms with van der Waals surface area (Å²) in [5, 5.41) is 4.11. The SMILES string of the molecule is CC(C)Oc1cc(-c2ncn(C=CC(=O)OC(C)c3ccccn3)n2)cc(C(F)(F)F)c1. The lowest BCUT2D eigenvalue weighted by Crippen LogP contribution is -2.09. The third kappa shape index (κ3) is 6.16. The maximum absolute atomic E-state index is 13.3. The second-order valence-corrected chi connectivity index (χ2v) is 7.11. The van der Waals surface area contributed by atoms with Crippen LogP contribution in [0.2, 0.25) is 0 Å². The molecule has 0 radical (unpaired) electrons. The Morgan fingerprint density at radius 3 is 2.56 bits per heavy atom. The molecule has 0 aliphatic carbocycles. The van der Waals surface area contributed by atoms with Gasteiger partial charge >= 0.3 is 12.1 Å². The summed E-state index contributed by atoms with van der Waals surface area (Å²) in [5.41, 5.74) is -0.139. The number of halogens is 3. The molecule has 0 aliphatic rings. The highest BCUT2D eigenvalue weighted by molar-refractivity contribution is 5.85. The highest BCUT2D eigenvalue weighted by atomic mass is 19.4. The smallest absolute Gasteiger partial charge is 0.416 e. The Morgan fingerprint density at radius 1 is 1.12 bits per heavy atom. The zero-order valence-electron chi connectivity index (χ0n) is 17.6. The molecular weight excluding hydrogens is 425 g/mol. The van der Waals surface area contributed by atoms with Gasteiger partial charge in [-0.1, -0.05) is 6.07 Å². The van der Waals surface area contributed by atoms with Gasteiger partial charge in [-0.05, 0) is 51.1 Å². The maximum Gasteiger partial charge on any atom is 0.416 e. The van der Waals surface area contributed by atoms with Crippen molar-refractivity contribution in [2.45, 2.75) is 39.2 Å². The monoisotopic (exact) mass is 446 g/mol. The molecule has 0 fully saturated rings.